The number of carbonyl (C=O) groups is 1. The fourth-order valence-corrected chi connectivity index (χ4v) is 2.46. The molecule has 0 radical (unpaired) electrons. The standard InChI is InChI=1S/C19H16FNO/c1-13-6-9-17(20)18(10-13)21-19(22)12-14-7-8-15-4-2-3-5-16(15)11-14/h2-11H,12H2,1H3,(H,21,22). The Morgan fingerprint density at radius 3 is 2.59 bits per heavy atom. The molecule has 3 heteroatoms. The van der Waals surface area contributed by atoms with Crippen LogP contribution in [0.1, 0.15) is 11.1 Å². The van der Waals surface area contributed by atoms with Gasteiger partial charge >= 0.3 is 0 Å². The van der Waals surface area contributed by atoms with Crippen LogP contribution in [-0.4, -0.2) is 5.91 Å². The summed E-state index contributed by atoms with van der Waals surface area (Å²) < 4.78 is 13.7. The molecule has 0 aromatic heterocycles. The van der Waals surface area contributed by atoms with E-state index in [2.05, 4.69) is 5.32 Å². The number of rotatable bonds is 3. The minimum Gasteiger partial charge on any atom is -0.323 e. The van der Waals surface area contributed by atoms with Crippen LogP contribution in [-0.2, 0) is 11.2 Å². The average Bonchev–Trinajstić information content (AvgIpc) is 2.51. The van der Waals surface area contributed by atoms with Gasteiger partial charge in [0.05, 0.1) is 12.1 Å². The molecule has 0 saturated heterocycles. The number of benzene rings is 3. The number of halogens is 1. The van der Waals surface area contributed by atoms with Crippen LogP contribution in [0.25, 0.3) is 10.8 Å². The van der Waals surface area contributed by atoms with Crippen molar-refractivity contribution >= 4 is 22.4 Å². The summed E-state index contributed by atoms with van der Waals surface area (Å²) in [6, 6.07) is 18.6. The monoisotopic (exact) mass is 293 g/mol. The lowest BCUT2D eigenvalue weighted by Crippen LogP contribution is -2.15. The van der Waals surface area contributed by atoms with Gasteiger partial charge in [0.25, 0.3) is 0 Å². The lowest BCUT2D eigenvalue weighted by atomic mass is 10.0. The van der Waals surface area contributed by atoms with Crippen molar-refractivity contribution < 1.29 is 9.18 Å². The van der Waals surface area contributed by atoms with E-state index in [1.807, 2.05) is 49.4 Å². The maximum absolute atomic E-state index is 13.7. The lowest BCUT2D eigenvalue weighted by Gasteiger charge is -2.08. The Labute approximate surface area is 128 Å². The molecule has 0 spiro atoms. The van der Waals surface area contributed by atoms with Crippen LogP contribution in [0, 0.1) is 12.7 Å². The van der Waals surface area contributed by atoms with Crippen LogP contribution in [0.2, 0.25) is 0 Å². The van der Waals surface area contributed by atoms with Gasteiger partial charge in [0.2, 0.25) is 5.91 Å². The van der Waals surface area contributed by atoms with E-state index in [-0.39, 0.29) is 18.0 Å². The normalized spacial score (nSPS) is 10.6. The average molecular weight is 293 g/mol. The second kappa shape index (κ2) is 5.98. The third kappa shape index (κ3) is 3.14. The van der Waals surface area contributed by atoms with Crippen molar-refractivity contribution in [3.8, 4) is 0 Å². The largest absolute Gasteiger partial charge is 0.323 e. The molecule has 0 aliphatic heterocycles. The van der Waals surface area contributed by atoms with Crippen molar-refractivity contribution in [3.05, 3.63) is 77.6 Å². The molecule has 0 atom stereocenters. The number of carbonyl (C=O) groups excluding carboxylic acids is 1. The second-order valence-corrected chi connectivity index (χ2v) is 5.39. The molecule has 1 N–H and O–H groups in total. The lowest BCUT2D eigenvalue weighted by molar-refractivity contribution is -0.115. The fraction of sp³-hybridized carbons (Fsp3) is 0.105. The highest BCUT2D eigenvalue weighted by atomic mass is 19.1. The number of hydrogen-bond donors (Lipinski definition) is 1. The van der Waals surface area contributed by atoms with Gasteiger partial charge in [-0.2, -0.15) is 0 Å². The van der Waals surface area contributed by atoms with Gasteiger partial charge in [-0.1, -0.05) is 48.5 Å². The first-order valence-corrected chi connectivity index (χ1v) is 7.15. The van der Waals surface area contributed by atoms with Crippen LogP contribution in [0.4, 0.5) is 10.1 Å². The molecule has 3 aromatic carbocycles. The summed E-state index contributed by atoms with van der Waals surface area (Å²) in [5.41, 5.74) is 2.04. The number of amides is 1. The van der Waals surface area contributed by atoms with Crippen molar-refractivity contribution in [2.75, 3.05) is 5.32 Å². The van der Waals surface area contributed by atoms with E-state index in [0.717, 1.165) is 21.9 Å². The maximum Gasteiger partial charge on any atom is 0.228 e. The molecule has 3 rings (SSSR count). The molecule has 110 valence electrons. The fourth-order valence-electron chi connectivity index (χ4n) is 2.46. The van der Waals surface area contributed by atoms with Crippen LogP contribution in [0.15, 0.2) is 60.7 Å². The molecule has 0 fully saturated rings. The maximum atomic E-state index is 13.7. The highest BCUT2D eigenvalue weighted by Gasteiger charge is 2.08. The highest BCUT2D eigenvalue weighted by molar-refractivity contribution is 5.93. The van der Waals surface area contributed by atoms with Gasteiger partial charge in [-0.15, -0.1) is 0 Å². The van der Waals surface area contributed by atoms with Crippen LogP contribution in [0.5, 0.6) is 0 Å². The van der Waals surface area contributed by atoms with Crippen molar-refractivity contribution in [1.82, 2.24) is 0 Å². The van der Waals surface area contributed by atoms with E-state index < -0.39 is 5.82 Å². The molecule has 0 unspecified atom stereocenters. The molecule has 22 heavy (non-hydrogen) atoms. The predicted molar refractivity (Wildman–Crippen MR) is 87.4 cm³/mol. The Morgan fingerprint density at radius 2 is 1.77 bits per heavy atom. The molecule has 0 heterocycles. The molecule has 0 saturated carbocycles. The van der Waals surface area contributed by atoms with E-state index in [1.165, 1.54) is 6.07 Å². The van der Waals surface area contributed by atoms with Crippen LogP contribution >= 0.6 is 0 Å². The van der Waals surface area contributed by atoms with E-state index >= 15 is 0 Å². The Balaban J connectivity index is 1.76. The Kier molecular flexibility index (Phi) is 3.88. The van der Waals surface area contributed by atoms with Gasteiger partial charge in [0.15, 0.2) is 0 Å². The topological polar surface area (TPSA) is 29.1 Å². The number of hydrogen-bond acceptors (Lipinski definition) is 1. The third-order valence-electron chi connectivity index (χ3n) is 3.57. The SMILES string of the molecule is Cc1ccc(F)c(NC(=O)Cc2ccc3ccccc3c2)c1. The zero-order chi connectivity index (χ0) is 15.5. The van der Waals surface area contributed by atoms with Crippen molar-refractivity contribution in [3.63, 3.8) is 0 Å². The van der Waals surface area contributed by atoms with E-state index in [0.29, 0.717) is 0 Å². The molecule has 2 nitrogen and oxygen atoms in total. The summed E-state index contributed by atoms with van der Waals surface area (Å²) >= 11 is 0. The quantitative estimate of drug-likeness (QED) is 0.758. The summed E-state index contributed by atoms with van der Waals surface area (Å²) in [4.78, 5) is 12.1. The number of aryl methyl sites for hydroxylation is 1. The summed E-state index contributed by atoms with van der Waals surface area (Å²) in [6.45, 7) is 1.86. The highest BCUT2D eigenvalue weighted by Crippen LogP contribution is 2.18. The summed E-state index contributed by atoms with van der Waals surface area (Å²) in [7, 11) is 0. The van der Waals surface area contributed by atoms with Crippen molar-refractivity contribution in [2.45, 2.75) is 13.3 Å². The van der Waals surface area contributed by atoms with Gasteiger partial charge in [-0.3, -0.25) is 4.79 Å². The molecule has 1 amide bonds. The Morgan fingerprint density at radius 1 is 1.00 bits per heavy atom. The number of nitrogens with one attached hydrogen (secondary N) is 1. The van der Waals surface area contributed by atoms with E-state index in [4.69, 9.17) is 0 Å². The van der Waals surface area contributed by atoms with Gasteiger partial charge in [0, 0.05) is 0 Å². The smallest absolute Gasteiger partial charge is 0.228 e. The molecule has 0 aliphatic carbocycles. The van der Waals surface area contributed by atoms with Crippen LogP contribution < -0.4 is 5.32 Å². The second-order valence-electron chi connectivity index (χ2n) is 5.39. The van der Waals surface area contributed by atoms with Crippen molar-refractivity contribution in [1.29, 1.82) is 0 Å². The van der Waals surface area contributed by atoms with Gasteiger partial charge in [-0.05, 0) is 41.0 Å². The van der Waals surface area contributed by atoms with Crippen LogP contribution in [0.3, 0.4) is 0 Å². The minimum atomic E-state index is -0.419. The molecule has 3 aromatic rings. The first-order valence-electron chi connectivity index (χ1n) is 7.15. The van der Waals surface area contributed by atoms with E-state index in [1.54, 1.807) is 12.1 Å². The van der Waals surface area contributed by atoms with Gasteiger partial charge in [-0.25, -0.2) is 4.39 Å². The van der Waals surface area contributed by atoms with Gasteiger partial charge < -0.3 is 5.32 Å². The minimum absolute atomic E-state index is 0.220. The Hall–Kier alpha value is -2.68. The number of fused-ring (bicyclic) bond motifs is 1. The molecular formula is C19H16FNO. The Bertz CT molecular complexity index is 842. The zero-order valence-electron chi connectivity index (χ0n) is 12.3. The summed E-state index contributed by atoms with van der Waals surface area (Å²) in [5.74, 6) is -0.641. The molecular weight excluding hydrogens is 277 g/mol. The predicted octanol–water partition coefficient (Wildman–Crippen LogP) is 4.47. The molecule has 0 aliphatic rings. The van der Waals surface area contributed by atoms with E-state index in [9.17, 15) is 9.18 Å². The van der Waals surface area contributed by atoms with Gasteiger partial charge in [0.1, 0.15) is 5.82 Å². The summed E-state index contributed by atoms with van der Waals surface area (Å²) in [5, 5.41) is 4.86. The number of anilines is 1. The first kappa shape index (κ1) is 14.3. The first-order chi connectivity index (χ1) is 10.6. The third-order valence-corrected chi connectivity index (χ3v) is 3.57. The summed E-state index contributed by atoms with van der Waals surface area (Å²) in [6.07, 6.45) is 0.220. The van der Waals surface area contributed by atoms with Crippen molar-refractivity contribution in [2.24, 2.45) is 0 Å². The molecule has 0 bridgehead atoms. The zero-order valence-corrected chi connectivity index (χ0v) is 12.3.